The Hall–Kier alpha value is -0.670. The molecule has 4 heteroatoms. The maximum atomic E-state index is 12.8. The zero-order valence-corrected chi connectivity index (χ0v) is 6.52. The molecule has 2 aliphatic rings. The number of hydrogen-bond acceptors (Lipinski definition) is 1. The molecule has 1 N–H and O–H groups in total. The van der Waals surface area contributed by atoms with Crippen LogP contribution in [0.3, 0.4) is 0 Å². The van der Waals surface area contributed by atoms with Gasteiger partial charge in [-0.25, -0.2) is 8.78 Å². The van der Waals surface area contributed by atoms with Gasteiger partial charge in [-0.2, -0.15) is 0 Å². The van der Waals surface area contributed by atoms with Crippen LogP contribution in [-0.4, -0.2) is 17.0 Å². The lowest BCUT2D eigenvalue weighted by molar-refractivity contribution is -0.223. The molecule has 2 saturated carbocycles. The number of carboxylic acid groups (broad SMARTS) is 1. The molecule has 2 fully saturated rings. The van der Waals surface area contributed by atoms with E-state index in [0.29, 0.717) is 19.3 Å². The van der Waals surface area contributed by atoms with E-state index in [9.17, 15) is 13.6 Å². The number of alkyl halides is 2. The maximum Gasteiger partial charge on any atom is 0.310 e. The largest absolute Gasteiger partial charge is 0.481 e. The van der Waals surface area contributed by atoms with Crippen molar-refractivity contribution in [2.24, 2.45) is 11.3 Å². The van der Waals surface area contributed by atoms with Gasteiger partial charge in [0.1, 0.15) is 0 Å². The molecule has 2 rings (SSSR count). The normalized spacial score (nSPS) is 43.3. The summed E-state index contributed by atoms with van der Waals surface area (Å²) >= 11 is 0. The van der Waals surface area contributed by atoms with E-state index >= 15 is 0 Å². The molecular weight excluding hydrogens is 166 g/mol. The van der Waals surface area contributed by atoms with Gasteiger partial charge in [-0.05, 0) is 12.8 Å². The molecule has 0 aromatic heterocycles. The van der Waals surface area contributed by atoms with Gasteiger partial charge >= 0.3 is 5.97 Å². The predicted octanol–water partition coefficient (Wildman–Crippen LogP) is 1.90. The van der Waals surface area contributed by atoms with Crippen LogP contribution >= 0.6 is 0 Å². The van der Waals surface area contributed by atoms with Crippen LogP contribution in [0.5, 0.6) is 0 Å². The first kappa shape index (κ1) is 7.95. The molecule has 68 valence electrons. The second kappa shape index (κ2) is 1.98. The van der Waals surface area contributed by atoms with Gasteiger partial charge in [0.25, 0.3) is 5.92 Å². The van der Waals surface area contributed by atoms with Crippen molar-refractivity contribution in [2.45, 2.75) is 31.6 Å². The Morgan fingerprint density at radius 1 is 1.50 bits per heavy atom. The van der Waals surface area contributed by atoms with Gasteiger partial charge in [0.2, 0.25) is 0 Å². The average molecular weight is 176 g/mol. The zero-order chi connectivity index (χ0) is 8.98. The highest BCUT2D eigenvalue weighted by Gasteiger charge is 2.70. The Labute approximate surface area is 68.6 Å². The van der Waals surface area contributed by atoms with Gasteiger partial charge in [-0.1, -0.05) is 6.42 Å². The van der Waals surface area contributed by atoms with Crippen molar-refractivity contribution < 1.29 is 18.7 Å². The van der Waals surface area contributed by atoms with E-state index in [4.69, 9.17) is 5.11 Å². The number of halogens is 2. The number of carbonyl (C=O) groups is 1. The monoisotopic (exact) mass is 176 g/mol. The van der Waals surface area contributed by atoms with Gasteiger partial charge in [0.05, 0.1) is 5.41 Å². The van der Waals surface area contributed by atoms with Crippen molar-refractivity contribution in [3.05, 3.63) is 0 Å². The summed E-state index contributed by atoms with van der Waals surface area (Å²) in [7, 11) is 0. The average Bonchev–Trinajstić information content (AvgIpc) is 2.28. The first-order valence-electron chi connectivity index (χ1n) is 4.10. The second-order valence-electron chi connectivity index (χ2n) is 3.84. The summed E-state index contributed by atoms with van der Waals surface area (Å²) in [4.78, 5) is 10.7. The molecule has 2 aliphatic carbocycles. The molecule has 2 nitrogen and oxygen atoms in total. The van der Waals surface area contributed by atoms with E-state index in [-0.39, 0.29) is 0 Å². The third-order valence-electron chi connectivity index (χ3n) is 3.27. The Kier molecular flexibility index (Phi) is 1.31. The van der Waals surface area contributed by atoms with Crippen molar-refractivity contribution in [1.29, 1.82) is 0 Å². The lowest BCUT2D eigenvalue weighted by Crippen LogP contribution is -2.57. The minimum absolute atomic E-state index is 0.374. The molecule has 0 bridgehead atoms. The van der Waals surface area contributed by atoms with Gasteiger partial charge in [-0.3, -0.25) is 4.79 Å². The van der Waals surface area contributed by atoms with Crippen LogP contribution < -0.4 is 0 Å². The van der Waals surface area contributed by atoms with E-state index in [2.05, 4.69) is 0 Å². The minimum Gasteiger partial charge on any atom is -0.481 e. The highest BCUT2D eigenvalue weighted by Crippen LogP contribution is 2.65. The van der Waals surface area contributed by atoms with Gasteiger partial charge in [-0.15, -0.1) is 0 Å². The Morgan fingerprint density at radius 2 is 2.17 bits per heavy atom. The third-order valence-corrected chi connectivity index (χ3v) is 3.27. The Morgan fingerprint density at radius 3 is 2.58 bits per heavy atom. The third kappa shape index (κ3) is 0.704. The van der Waals surface area contributed by atoms with Crippen molar-refractivity contribution in [1.82, 2.24) is 0 Å². The first-order valence-corrected chi connectivity index (χ1v) is 4.10. The SMILES string of the molecule is O=C(O)C12CCCC1C(F)(F)C2. The fraction of sp³-hybridized carbons (Fsp3) is 0.875. The first-order chi connectivity index (χ1) is 5.49. The highest BCUT2D eigenvalue weighted by molar-refractivity contribution is 5.77. The van der Waals surface area contributed by atoms with Crippen LogP contribution in [0.2, 0.25) is 0 Å². The van der Waals surface area contributed by atoms with Crippen molar-refractivity contribution in [3.8, 4) is 0 Å². The molecule has 0 aromatic carbocycles. The predicted molar refractivity (Wildman–Crippen MR) is 37.0 cm³/mol. The molecule has 2 unspecified atom stereocenters. The topological polar surface area (TPSA) is 37.3 Å². The van der Waals surface area contributed by atoms with E-state index in [1.807, 2.05) is 0 Å². The molecule has 0 aliphatic heterocycles. The van der Waals surface area contributed by atoms with E-state index in [0.717, 1.165) is 0 Å². The summed E-state index contributed by atoms with van der Waals surface area (Å²) in [5, 5.41) is 8.79. The fourth-order valence-electron chi connectivity index (χ4n) is 2.64. The number of fused-ring (bicyclic) bond motifs is 1. The molecular formula is C8H10F2O2. The molecule has 0 saturated heterocycles. The molecule has 0 radical (unpaired) electrons. The van der Waals surface area contributed by atoms with Gasteiger partial charge in [0.15, 0.2) is 0 Å². The standard InChI is InChI=1S/C8H10F2O2/c9-8(10)4-7(6(11)12)3-1-2-5(7)8/h5H,1-4H2,(H,11,12). The van der Waals surface area contributed by atoms with E-state index in [1.165, 1.54) is 0 Å². The fourth-order valence-corrected chi connectivity index (χ4v) is 2.64. The van der Waals surface area contributed by atoms with Crippen LogP contribution in [0.15, 0.2) is 0 Å². The summed E-state index contributed by atoms with van der Waals surface area (Å²) in [5.41, 5.74) is -1.07. The smallest absolute Gasteiger partial charge is 0.310 e. The zero-order valence-electron chi connectivity index (χ0n) is 6.52. The Bertz CT molecular complexity index is 239. The molecule has 2 atom stereocenters. The van der Waals surface area contributed by atoms with Gasteiger partial charge < -0.3 is 5.11 Å². The van der Waals surface area contributed by atoms with Crippen molar-refractivity contribution >= 4 is 5.97 Å². The summed E-state index contributed by atoms with van der Waals surface area (Å²) in [6, 6.07) is 0. The molecule has 0 spiro atoms. The van der Waals surface area contributed by atoms with Crippen LogP contribution in [0.1, 0.15) is 25.7 Å². The Balaban J connectivity index is 2.26. The number of carboxylic acids is 1. The molecule has 0 heterocycles. The minimum atomic E-state index is -2.71. The summed E-state index contributed by atoms with van der Waals surface area (Å²) in [6.07, 6.45) is 0.994. The lowest BCUT2D eigenvalue weighted by Gasteiger charge is -2.47. The van der Waals surface area contributed by atoms with E-state index < -0.39 is 29.6 Å². The van der Waals surface area contributed by atoms with Gasteiger partial charge in [0, 0.05) is 12.3 Å². The van der Waals surface area contributed by atoms with Crippen LogP contribution in [0.25, 0.3) is 0 Å². The molecule has 12 heavy (non-hydrogen) atoms. The summed E-state index contributed by atoms with van der Waals surface area (Å²) in [6.45, 7) is 0. The highest BCUT2D eigenvalue weighted by atomic mass is 19.3. The number of rotatable bonds is 1. The molecule has 0 aromatic rings. The quantitative estimate of drug-likeness (QED) is 0.662. The summed E-state index contributed by atoms with van der Waals surface area (Å²) < 4.78 is 25.7. The maximum absolute atomic E-state index is 12.8. The second-order valence-corrected chi connectivity index (χ2v) is 3.84. The van der Waals surface area contributed by atoms with Crippen molar-refractivity contribution in [2.75, 3.05) is 0 Å². The van der Waals surface area contributed by atoms with Crippen molar-refractivity contribution in [3.63, 3.8) is 0 Å². The summed E-state index contributed by atoms with van der Waals surface area (Å²) in [5.74, 6) is -4.63. The lowest BCUT2D eigenvalue weighted by atomic mass is 9.59. The van der Waals surface area contributed by atoms with Crippen LogP contribution in [-0.2, 0) is 4.79 Å². The molecule has 0 amide bonds. The van der Waals surface area contributed by atoms with Crippen LogP contribution in [0.4, 0.5) is 8.78 Å². The number of aliphatic carboxylic acids is 1. The van der Waals surface area contributed by atoms with E-state index in [1.54, 1.807) is 0 Å². The number of hydrogen-bond donors (Lipinski definition) is 1. The van der Waals surface area contributed by atoms with Crippen LogP contribution in [0, 0.1) is 11.3 Å².